The van der Waals surface area contributed by atoms with Crippen LogP contribution in [0.15, 0.2) is 36.4 Å². The molecule has 0 amide bonds. The number of halogens is 2. The average Bonchev–Trinajstić information content (AvgIpc) is 2.48. The first kappa shape index (κ1) is 16.3. The van der Waals surface area contributed by atoms with E-state index < -0.39 is 18.4 Å². The molecule has 1 N–H and O–H groups in total. The number of methoxy groups -OCH3 is 1. The van der Waals surface area contributed by atoms with Crippen LogP contribution in [-0.4, -0.2) is 24.8 Å². The monoisotopic (exact) mass is 324 g/mol. The maximum absolute atomic E-state index is 14.2. The van der Waals surface area contributed by atoms with Gasteiger partial charge in [-0.2, -0.15) is 0 Å². The van der Waals surface area contributed by atoms with Crippen molar-refractivity contribution in [1.29, 1.82) is 0 Å². The molecule has 4 nitrogen and oxygen atoms in total. The van der Waals surface area contributed by atoms with Gasteiger partial charge in [-0.25, -0.2) is 9.18 Å². The van der Waals surface area contributed by atoms with E-state index in [1.165, 1.54) is 18.2 Å². The fourth-order valence-electron chi connectivity index (χ4n) is 2.01. The van der Waals surface area contributed by atoms with Gasteiger partial charge < -0.3 is 14.6 Å². The number of aliphatic carboxylic acids is 1. The molecule has 2 rings (SSSR count). The van der Waals surface area contributed by atoms with Gasteiger partial charge in [-0.05, 0) is 35.9 Å². The number of hydrogen-bond donors (Lipinski definition) is 1. The molecular formula is C16H14ClFO4. The highest BCUT2D eigenvalue weighted by Crippen LogP contribution is 2.35. The number of benzene rings is 2. The molecule has 0 radical (unpaired) electrons. The van der Waals surface area contributed by atoms with Crippen molar-refractivity contribution in [1.82, 2.24) is 0 Å². The fourth-order valence-corrected chi connectivity index (χ4v) is 2.19. The molecule has 22 heavy (non-hydrogen) atoms. The molecule has 0 fully saturated rings. The summed E-state index contributed by atoms with van der Waals surface area (Å²) >= 11 is 5.96. The normalized spacial score (nSPS) is 10.5. The van der Waals surface area contributed by atoms with E-state index in [2.05, 4.69) is 0 Å². The van der Waals surface area contributed by atoms with Crippen LogP contribution < -0.4 is 4.74 Å². The van der Waals surface area contributed by atoms with Gasteiger partial charge in [-0.3, -0.25) is 0 Å². The van der Waals surface area contributed by atoms with Gasteiger partial charge in [0.05, 0.1) is 6.61 Å². The highest BCUT2D eigenvalue weighted by atomic mass is 35.5. The first-order chi connectivity index (χ1) is 10.5. The van der Waals surface area contributed by atoms with Crippen molar-refractivity contribution in [2.75, 3.05) is 13.7 Å². The van der Waals surface area contributed by atoms with Crippen LogP contribution in [0.2, 0.25) is 5.02 Å². The number of carbonyl (C=O) groups is 1. The minimum Gasteiger partial charge on any atom is -0.481 e. The molecule has 0 spiro atoms. The van der Waals surface area contributed by atoms with Gasteiger partial charge in [0.2, 0.25) is 0 Å². The van der Waals surface area contributed by atoms with Crippen LogP contribution in [0.5, 0.6) is 5.75 Å². The number of carboxylic acid groups (broad SMARTS) is 1. The third-order valence-corrected chi connectivity index (χ3v) is 3.16. The van der Waals surface area contributed by atoms with Crippen LogP contribution in [0.25, 0.3) is 11.1 Å². The van der Waals surface area contributed by atoms with Crippen LogP contribution in [0.4, 0.5) is 4.39 Å². The van der Waals surface area contributed by atoms with E-state index in [9.17, 15) is 9.18 Å². The molecule has 116 valence electrons. The lowest BCUT2D eigenvalue weighted by molar-refractivity contribution is -0.139. The van der Waals surface area contributed by atoms with Crippen LogP contribution in [0.3, 0.4) is 0 Å². The summed E-state index contributed by atoms with van der Waals surface area (Å²) in [4.78, 5) is 10.7. The zero-order chi connectivity index (χ0) is 16.1. The minimum absolute atomic E-state index is 0.250. The lowest BCUT2D eigenvalue weighted by atomic mass is 10.0. The Morgan fingerprint density at radius 2 is 2.00 bits per heavy atom. The average molecular weight is 325 g/mol. The molecule has 0 aliphatic carbocycles. The Kier molecular flexibility index (Phi) is 5.35. The zero-order valence-electron chi connectivity index (χ0n) is 11.8. The predicted octanol–water partition coefficient (Wildman–Crippen LogP) is 3.76. The Morgan fingerprint density at radius 3 is 2.68 bits per heavy atom. The van der Waals surface area contributed by atoms with Crippen LogP contribution in [0.1, 0.15) is 5.56 Å². The first-order valence-electron chi connectivity index (χ1n) is 6.43. The lowest BCUT2D eigenvalue weighted by Gasteiger charge is -2.13. The SMILES string of the molecule is COCc1ccc(F)c(-c2cc(Cl)ccc2OCC(=O)O)c1. The van der Waals surface area contributed by atoms with Gasteiger partial charge in [0.1, 0.15) is 11.6 Å². The minimum atomic E-state index is -1.12. The molecule has 0 aliphatic heterocycles. The van der Waals surface area contributed by atoms with Crippen LogP contribution >= 0.6 is 11.6 Å². The van der Waals surface area contributed by atoms with Gasteiger partial charge in [0.15, 0.2) is 6.61 Å². The fraction of sp³-hybridized carbons (Fsp3) is 0.188. The van der Waals surface area contributed by atoms with Crippen LogP contribution in [-0.2, 0) is 16.1 Å². The molecule has 2 aromatic rings. The summed E-state index contributed by atoms with van der Waals surface area (Å²) in [6.07, 6.45) is 0. The van der Waals surface area contributed by atoms with Gasteiger partial charge in [0, 0.05) is 23.3 Å². The molecular weight excluding hydrogens is 311 g/mol. The molecule has 0 unspecified atom stereocenters. The van der Waals surface area contributed by atoms with Crippen molar-refractivity contribution >= 4 is 17.6 Å². The molecule has 0 aromatic heterocycles. The Bertz CT molecular complexity index is 688. The van der Waals surface area contributed by atoms with Crippen molar-refractivity contribution in [3.8, 4) is 16.9 Å². The van der Waals surface area contributed by atoms with E-state index >= 15 is 0 Å². The van der Waals surface area contributed by atoms with Crippen molar-refractivity contribution in [3.05, 3.63) is 52.8 Å². The summed E-state index contributed by atoms with van der Waals surface area (Å²) in [5, 5.41) is 9.12. The van der Waals surface area contributed by atoms with E-state index in [1.807, 2.05) is 0 Å². The summed E-state index contributed by atoms with van der Waals surface area (Å²) in [7, 11) is 1.55. The number of rotatable bonds is 6. The van der Waals surface area contributed by atoms with E-state index in [-0.39, 0.29) is 11.3 Å². The molecule has 0 bridgehead atoms. The summed E-state index contributed by atoms with van der Waals surface area (Å²) in [5.74, 6) is -1.32. The van der Waals surface area contributed by atoms with E-state index in [4.69, 9.17) is 26.2 Å². The maximum atomic E-state index is 14.2. The lowest BCUT2D eigenvalue weighted by Crippen LogP contribution is -2.10. The molecule has 0 atom stereocenters. The summed E-state index contributed by atoms with van der Waals surface area (Å²) in [5.41, 5.74) is 1.45. The zero-order valence-corrected chi connectivity index (χ0v) is 12.6. The molecule has 0 saturated carbocycles. The smallest absolute Gasteiger partial charge is 0.341 e. The quantitative estimate of drug-likeness (QED) is 0.879. The van der Waals surface area contributed by atoms with Gasteiger partial charge in [-0.1, -0.05) is 17.7 Å². The topological polar surface area (TPSA) is 55.8 Å². The van der Waals surface area contributed by atoms with E-state index in [1.54, 1.807) is 25.3 Å². The highest BCUT2D eigenvalue weighted by molar-refractivity contribution is 6.31. The second kappa shape index (κ2) is 7.24. The van der Waals surface area contributed by atoms with E-state index in [0.29, 0.717) is 17.2 Å². The Morgan fingerprint density at radius 1 is 1.23 bits per heavy atom. The summed E-state index contributed by atoms with van der Waals surface area (Å²) in [6, 6.07) is 9.17. The molecule has 2 aromatic carbocycles. The highest BCUT2D eigenvalue weighted by Gasteiger charge is 2.14. The number of hydrogen-bond acceptors (Lipinski definition) is 3. The predicted molar refractivity (Wildman–Crippen MR) is 80.7 cm³/mol. The maximum Gasteiger partial charge on any atom is 0.341 e. The Labute approximate surface area is 132 Å². The largest absolute Gasteiger partial charge is 0.481 e. The summed E-state index contributed by atoms with van der Waals surface area (Å²) in [6.45, 7) is -0.187. The molecule has 6 heteroatoms. The second-order valence-electron chi connectivity index (χ2n) is 4.57. The number of ether oxygens (including phenoxy) is 2. The van der Waals surface area contributed by atoms with Gasteiger partial charge >= 0.3 is 5.97 Å². The third kappa shape index (κ3) is 3.96. The van der Waals surface area contributed by atoms with Gasteiger partial charge in [-0.15, -0.1) is 0 Å². The van der Waals surface area contributed by atoms with Crippen molar-refractivity contribution < 1.29 is 23.8 Å². The van der Waals surface area contributed by atoms with E-state index in [0.717, 1.165) is 5.56 Å². The molecule has 0 heterocycles. The van der Waals surface area contributed by atoms with Crippen molar-refractivity contribution in [3.63, 3.8) is 0 Å². The third-order valence-electron chi connectivity index (χ3n) is 2.92. The summed E-state index contributed by atoms with van der Waals surface area (Å²) < 4.78 is 24.4. The standard InChI is InChI=1S/C16H14ClFO4/c1-21-8-10-2-4-14(18)12(6-10)13-7-11(17)3-5-15(13)22-9-16(19)20/h2-7H,8-9H2,1H3,(H,19,20). The molecule has 0 aliphatic rings. The van der Waals surface area contributed by atoms with Crippen LogP contribution in [0, 0.1) is 5.82 Å². The second-order valence-corrected chi connectivity index (χ2v) is 5.01. The Balaban J connectivity index is 2.48. The molecule has 0 saturated heterocycles. The van der Waals surface area contributed by atoms with Crippen molar-refractivity contribution in [2.24, 2.45) is 0 Å². The first-order valence-corrected chi connectivity index (χ1v) is 6.81. The Hall–Kier alpha value is -2.11. The van der Waals surface area contributed by atoms with Crippen molar-refractivity contribution in [2.45, 2.75) is 6.61 Å². The van der Waals surface area contributed by atoms with Gasteiger partial charge in [0.25, 0.3) is 0 Å². The number of carboxylic acids is 1.